The van der Waals surface area contributed by atoms with E-state index in [0.717, 1.165) is 12.1 Å². The molecular formula is C19H22F2N4O4. The van der Waals surface area contributed by atoms with E-state index < -0.39 is 35.5 Å². The number of nitrogens with zero attached hydrogens (tertiary/aromatic N) is 2. The fourth-order valence-electron chi connectivity index (χ4n) is 2.41. The number of esters is 1. The summed E-state index contributed by atoms with van der Waals surface area (Å²) in [6.07, 6.45) is 0.248. The maximum Gasteiger partial charge on any atom is 0.308 e. The van der Waals surface area contributed by atoms with E-state index in [2.05, 4.69) is 15.7 Å². The Labute approximate surface area is 166 Å². The molecule has 2 N–H and O–H groups in total. The molecule has 0 aliphatic rings. The lowest BCUT2D eigenvalue weighted by molar-refractivity contribution is -0.153. The summed E-state index contributed by atoms with van der Waals surface area (Å²) >= 11 is 0. The van der Waals surface area contributed by atoms with Crippen LogP contribution < -0.4 is 10.6 Å². The van der Waals surface area contributed by atoms with Crippen LogP contribution in [0.3, 0.4) is 0 Å². The van der Waals surface area contributed by atoms with E-state index in [1.165, 1.54) is 6.92 Å². The molecule has 8 nitrogen and oxygen atoms in total. The van der Waals surface area contributed by atoms with E-state index in [0.29, 0.717) is 11.9 Å². The number of carbonyl (C=O) groups is 3. The smallest absolute Gasteiger partial charge is 0.308 e. The molecule has 1 unspecified atom stereocenters. The maximum absolute atomic E-state index is 13.5. The minimum absolute atomic E-state index is 0.0349. The molecule has 29 heavy (non-hydrogen) atoms. The van der Waals surface area contributed by atoms with Crippen molar-refractivity contribution >= 4 is 23.6 Å². The largest absolute Gasteiger partial charge is 0.452 e. The fourth-order valence-corrected chi connectivity index (χ4v) is 2.41. The third-order valence-corrected chi connectivity index (χ3v) is 3.88. The second kappa shape index (κ2) is 9.76. The first-order valence-electron chi connectivity index (χ1n) is 8.96. The Kier molecular flexibility index (Phi) is 7.40. The number of anilines is 1. The molecular weight excluding hydrogens is 386 g/mol. The Hall–Kier alpha value is -3.30. The third kappa shape index (κ3) is 6.09. The predicted octanol–water partition coefficient (Wildman–Crippen LogP) is 2.43. The van der Waals surface area contributed by atoms with E-state index in [-0.39, 0.29) is 24.6 Å². The minimum Gasteiger partial charge on any atom is -0.452 e. The molecule has 1 aromatic carbocycles. The molecule has 2 amide bonds. The highest BCUT2D eigenvalue weighted by Crippen LogP contribution is 2.14. The van der Waals surface area contributed by atoms with E-state index in [4.69, 9.17) is 4.74 Å². The lowest BCUT2D eigenvalue weighted by atomic mass is 10.2. The quantitative estimate of drug-likeness (QED) is 0.653. The molecule has 2 aromatic rings. The van der Waals surface area contributed by atoms with Crippen LogP contribution in [-0.4, -0.2) is 40.2 Å². The lowest BCUT2D eigenvalue weighted by Gasteiger charge is -2.15. The molecule has 0 radical (unpaired) electrons. The second-order valence-electron chi connectivity index (χ2n) is 6.51. The number of nitrogens with one attached hydrogen (secondary N) is 2. The van der Waals surface area contributed by atoms with Gasteiger partial charge in [-0.2, -0.15) is 5.10 Å². The average molecular weight is 408 g/mol. The number of hydrogen-bond acceptors (Lipinski definition) is 5. The second-order valence-corrected chi connectivity index (χ2v) is 6.51. The van der Waals surface area contributed by atoms with Gasteiger partial charge in [-0.25, -0.2) is 13.5 Å². The summed E-state index contributed by atoms with van der Waals surface area (Å²) in [6.45, 7) is 5.08. The van der Waals surface area contributed by atoms with Gasteiger partial charge in [0.05, 0.1) is 18.2 Å². The van der Waals surface area contributed by atoms with E-state index in [1.54, 1.807) is 16.9 Å². The topological polar surface area (TPSA) is 102 Å². The third-order valence-electron chi connectivity index (χ3n) is 3.88. The van der Waals surface area contributed by atoms with Crippen LogP contribution in [0.4, 0.5) is 14.6 Å². The Bertz CT molecular complexity index is 898. The Morgan fingerprint density at radius 1 is 1.17 bits per heavy atom. The molecule has 0 aliphatic carbocycles. The summed E-state index contributed by atoms with van der Waals surface area (Å²) in [5.41, 5.74) is -0.339. The Morgan fingerprint density at radius 2 is 1.90 bits per heavy atom. The number of ether oxygens (including phenoxy) is 1. The SMILES string of the molecule is CC(OC(=O)CCNC(=O)c1ccc(F)cc1F)C(=O)Nc1ccnn1C(C)C. The Morgan fingerprint density at radius 3 is 2.55 bits per heavy atom. The van der Waals surface area contributed by atoms with Crippen molar-refractivity contribution in [1.29, 1.82) is 0 Å². The van der Waals surface area contributed by atoms with Gasteiger partial charge in [-0.15, -0.1) is 0 Å². The number of halogens is 2. The van der Waals surface area contributed by atoms with Gasteiger partial charge in [-0.3, -0.25) is 14.4 Å². The molecule has 1 aromatic heterocycles. The number of carbonyl (C=O) groups excluding carboxylic acids is 3. The van der Waals surface area contributed by atoms with Crippen molar-refractivity contribution in [3.8, 4) is 0 Å². The molecule has 0 saturated carbocycles. The minimum atomic E-state index is -1.07. The molecule has 0 bridgehead atoms. The highest BCUT2D eigenvalue weighted by molar-refractivity contribution is 5.95. The first-order chi connectivity index (χ1) is 13.7. The summed E-state index contributed by atoms with van der Waals surface area (Å²) in [6, 6.07) is 4.21. The van der Waals surface area contributed by atoms with Gasteiger partial charge in [0.2, 0.25) is 0 Å². The van der Waals surface area contributed by atoms with E-state index in [1.807, 2.05) is 13.8 Å². The number of benzene rings is 1. The summed E-state index contributed by atoms with van der Waals surface area (Å²) < 4.78 is 33.0. The molecule has 1 atom stereocenters. The Balaban J connectivity index is 1.78. The van der Waals surface area contributed by atoms with Gasteiger partial charge in [0, 0.05) is 24.7 Å². The molecule has 10 heteroatoms. The van der Waals surface area contributed by atoms with Gasteiger partial charge in [-0.05, 0) is 32.9 Å². The van der Waals surface area contributed by atoms with Crippen molar-refractivity contribution in [3.05, 3.63) is 47.7 Å². The number of aromatic nitrogens is 2. The molecule has 1 heterocycles. The first-order valence-corrected chi connectivity index (χ1v) is 8.96. The van der Waals surface area contributed by atoms with Crippen molar-refractivity contribution in [2.45, 2.75) is 39.3 Å². The molecule has 0 aliphatic heterocycles. The van der Waals surface area contributed by atoms with Gasteiger partial charge < -0.3 is 15.4 Å². The van der Waals surface area contributed by atoms with Gasteiger partial charge in [0.1, 0.15) is 17.5 Å². The standard InChI is InChI=1S/C19H22F2N4O4/c1-11(2)25-16(6-9-23-25)24-18(27)12(3)29-17(26)7-8-22-19(28)14-5-4-13(20)10-15(14)21/h4-6,9-12H,7-8H2,1-3H3,(H,22,28)(H,24,27). The molecule has 156 valence electrons. The lowest BCUT2D eigenvalue weighted by Crippen LogP contribution is -2.32. The van der Waals surface area contributed by atoms with Crippen LogP contribution in [0.5, 0.6) is 0 Å². The zero-order valence-corrected chi connectivity index (χ0v) is 16.2. The monoisotopic (exact) mass is 408 g/mol. The molecule has 0 saturated heterocycles. The van der Waals surface area contributed by atoms with Crippen LogP contribution in [0.1, 0.15) is 43.6 Å². The number of hydrogen-bond donors (Lipinski definition) is 2. The fraction of sp³-hybridized carbons (Fsp3) is 0.368. The molecule has 2 rings (SSSR count). The van der Waals surface area contributed by atoms with Gasteiger partial charge in [0.15, 0.2) is 6.10 Å². The predicted molar refractivity (Wildman–Crippen MR) is 100 cm³/mol. The normalized spacial score (nSPS) is 11.8. The van der Waals surface area contributed by atoms with Crippen LogP contribution in [0.2, 0.25) is 0 Å². The summed E-state index contributed by atoms with van der Waals surface area (Å²) in [4.78, 5) is 35.9. The van der Waals surface area contributed by atoms with Crippen LogP contribution >= 0.6 is 0 Å². The van der Waals surface area contributed by atoms with Crippen LogP contribution in [0.25, 0.3) is 0 Å². The molecule has 0 spiro atoms. The maximum atomic E-state index is 13.5. The highest BCUT2D eigenvalue weighted by Gasteiger charge is 2.20. The highest BCUT2D eigenvalue weighted by atomic mass is 19.1. The van der Waals surface area contributed by atoms with Crippen molar-refractivity contribution in [1.82, 2.24) is 15.1 Å². The number of amides is 2. The summed E-state index contributed by atoms with van der Waals surface area (Å²) in [5, 5.41) is 9.05. The van der Waals surface area contributed by atoms with Gasteiger partial charge >= 0.3 is 5.97 Å². The van der Waals surface area contributed by atoms with Crippen molar-refractivity contribution in [2.24, 2.45) is 0 Å². The van der Waals surface area contributed by atoms with Crippen molar-refractivity contribution < 1.29 is 27.9 Å². The zero-order chi connectivity index (χ0) is 21.6. The van der Waals surface area contributed by atoms with Crippen molar-refractivity contribution in [2.75, 3.05) is 11.9 Å². The van der Waals surface area contributed by atoms with Gasteiger partial charge in [-0.1, -0.05) is 0 Å². The molecule has 0 fully saturated rings. The first kappa shape index (κ1) is 22.0. The zero-order valence-electron chi connectivity index (χ0n) is 16.2. The van der Waals surface area contributed by atoms with Crippen LogP contribution in [0, 0.1) is 11.6 Å². The van der Waals surface area contributed by atoms with Crippen LogP contribution in [0.15, 0.2) is 30.5 Å². The number of rotatable bonds is 8. The van der Waals surface area contributed by atoms with E-state index >= 15 is 0 Å². The summed E-state index contributed by atoms with van der Waals surface area (Å²) in [5.74, 6) is -3.37. The van der Waals surface area contributed by atoms with Crippen molar-refractivity contribution in [3.63, 3.8) is 0 Å². The van der Waals surface area contributed by atoms with E-state index in [9.17, 15) is 23.2 Å². The van der Waals surface area contributed by atoms with Crippen LogP contribution in [-0.2, 0) is 14.3 Å². The average Bonchev–Trinajstić information content (AvgIpc) is 3.09. The summed E-state index contributed by atoms with van der Waals surface area (Å²) in [7, 11) is 0. The van der Waals surface area contributed by atoms with Gasteiger partial charge in [0.25, 0.3) is 11.8 Å².